The lowest BCUT2D eigenvalue weighted by atomic mass is 10.0. The van der Waals surface area contributed by atoms with E-state index in [1.807, 2.05) is 0 Å². The van der Waals surface area contributed by atoms with Gasteiger partial charge in [0.25, 0.3) is 0 Å². The normalized spacial score (nSPS) is 21.0. The Bertz CT molecular complexity index is 546. The lowest BCUT2D eigenvalue weighted by Crippen LogP contribution is -2.40. The Morgan fingerprint density at radius 2 is 2.19 bits per heavy atom. The van der Waals surface area contributed by atoms with Crippen LogP contribution in [0.15, 0.2) is 18.2 Å². The fraction of sp³-hybridized carbons (Fsp3) is 0.467. The maximum atomic E-state index is 12.1. The van der Waals surface area contributed by atoms with Crippen LogP contribution in [0.1, 0.15) is 24.8 Å². The Hall–Kier alpha value is -1.75. The van der Waals surface area contributed by atoms with Crippen LogP contribution in [0.3, 0.4) is 0 Å². The second kappa shape index (κ2) is 6.80. The van der Waals surface area contributed by atoms with Gasteiger partial charge < -0.3 is 15.2 Å². The summed E-state index contributed by atoms with van der Waals surface area (Å²) >= 11 is 5.93. The first-order chi connectivity index (χ1) is 10.0. The standard InChI is InChI=1S/C15H18ClNO4/c1-21-13-6-5-10(16)7-9(13)8-14(18)17-12-4-2-3-11(12)15(19)20/h5-7,11-12H,2-4,8H2,1H3,(H,17,18)(H,19,20)/t11-,12+/m0/s1. The molecule has 1 saturated carbocycles. The van der Waals surface area contributed by atoms with E-state index in [-0.39, 0.29) is 18.4 Å². The highest BCUT2D eigenvalue weighted by atomic mass is 35.5. The molecule has 1 aliphatic carbocycles. The SMILES string of the molecule is COc1ccc(Cl)cc1CC(=O)N[C@@H]1CCC[C@@H]1C(=O)O. The minimum absolute atomic E-state index is 0.118. The molecule has 0 unspecified atom stereocenters. The zero-order chi connectivity index (χ0) is 15.4. The number of hydrogen-bond acceptors (Lipinski definition) is 3. The average molecular weight is 312 g/mol. The van der Waals surface area contributed by atoms with Crippen molar-refractivity contribution in [3.8, 4) is 5.75 Å². The fourth-order valence-electron chi connectivity index (χ4n) is 2.74. The van der Waals surface area contributed by atoms with Gasteiger partial charge in [-0.05, 0) is 31.0 Å². The number of amides is 1. The maximum Gasteiger partial charge on any atom is 0.308 e. The van der Waals surface area contributed by atoms with Crippen molar-refractivity contribution in [2.45, 2.75) is 31.7 Å². The molecular formula is C15H18ClNO4. The molecule has 0 heterocycles. The Balaban J connectivity index is 2.02. The Morgan fingerprint density at radius 1 is 1.43 bits per heavy atom. The van der Waals surface area contributed by atoms with E-state index in [0.29, 0.717) is 29.2 Å². The van der Waals surface area contributed by atoms with Gasteiger partial charge in [0.15, 0.2) is 0 Å². The number of methoxy groups -OCH3 is 1. The number of hydrogen-bond donors (Lipinski definition) is 2. The van der Waals surface area contributed by atoms with Crippen LogP contribution in [0.5, 0.6) is 5.75 Å². The molecule has 2 N–H and O–H groups in total. The predicted octanol–water partition coefficient (Wildman–Crippen LogP) is 2.26. The van der Waals surface area contributed by atoms with Gasteiger partial charge in [0.1, 0.15) is 5.75 Å². The van der Waals surface area contributed by atoms with Crippen molar-refractivity contribution in [1.29, 1.82) is 0 Å². The lowest BCUT2D eigenvalue weighted by Gasteiger charge is -2.18. The van der Waals surface area contributed by atoms with Gasteiger partial charge in [-0.15, -0.1) is 0 Å². The molecule has 0 saturated heterocycles. The van der Waals surface area contributed by atoms with Crippen molar-refractivity contribution < 1.29 is 19.4 Å². The average Bonchev–Trinajstić information content (AvgIpc) is 2.87. The van der Waals surface area contributed by atoms with Gasteiger partial charge in [0.05, 0.1) is 19.4 Å². The van der Waals surface area contributed by atoms with E-state index in [2.05, 4.69) is 5.32 Å². The van der Waals surface area contributed by atoms with Crippen LogP contribution >= 0.6 is 11.6 Å². The summed E-state index contributed by atoms with van der Waals surface area (Å²) in [5.74, 6) is -0.960. The molecule has 1 aromatic carbocycles. The lowest BCUT2D eigenvalue weighted by molar-refractivity contribution is -0.142. The number of nitrogens with one attached hydrogen (secondary N) is 1. The van der Waals surface area contributed by atoms with Crippen molar-refractivity contribution in [1.82, 2.24) is 5.32 Å². The number of carbonyl (C=O) groups excluding carboxylic acids is 1. The van der Waals surface area contributed by atoms with Gasteiger partial charge in [-0.2, -0.15) is 0 Å². The molecule has 0 aliphatic heterocycles. The number of aliphatic carboxylic acids is 1. The molecule has 1 fully saturated rings. The second-order valence-corrected chi connectivity index (χ2v) is 5.62. The third kappa shape index (κ3) is 3.88. The summed E-state index contributed by atoms with van der Waals surface area (Å²) in [7, 11) is 1.53. The minimum atomic E-state index is -0.849. The molecule has 0 radical (unpaired) electrons. The van der Waals surface area contributed by atoms with Gasteiger partial charge in [-0.25, -0.2) is 0 Å². The molecule has 2 rings (SSSR count). The zero-order valence-electron chi connectivity index (χ0n) is 11.8. The van der Waals surface area contributed by atoms with Crippen LogP contribution in [0, 0.1) is 5.92 Å². The third-order valence-electron chi connectivity index (χ3n) is 3.77. The second-order valence-electron chi connectivity index (χ2n) is 5.18. The molecule has 2 atom stereocenters. The summed E-state index contributed by atoms with van der Waals surface area (Å²) in [6.07, 6.45) is 2.26. The fourth-order valence-corrected chi connectivity index (χ4v) is 2.94. The number of benzene rings is 1. The highest BCUT2D eigenvalue weighted by Crippen LogP contribution is 2.27. The largest absolute Gasteiger partial charge is 0.496 e. The van der Waals surface area contributed by atoms with Crippen molar-refractivity contribution in [3.63, 3.8) is 0 Å². The molecule has 0 bridgehead atoms. The van der Waals surface area contributed by atoms with Crippen LogP contribution in [0.4, 0.5) is 0 Å². The molecule has 114 valence electrons. The topological polar surface area (TPSA) is 75.6 Å². The number of rotatable bonds is 5. The number of carbonyl (C=O) groups is 2. The van der Waals surface area contributed by atoms with Crippen LogP contribution in [0.25, 0.3) is 0 Å². The summed E-state index contributed by atoms with van der Waals surface area (Å²) in [4.78, 5) is 23.2. The van der Waals surface area contributed by atoms with Gasteiger partial charge in [0, 0.05) is 16.6 Å². The minimum Gasteiger partial charge on any atom is -0.496 e. The monoisotopic (exact) mass is 311 g/mol. The molecule has 5 nitrogen and oxygen atoms in total. The summed E-state index contributed by atoms with van der Waals surface area (Å²) in [6, 6.07) is 4.79. The van der Waals surface area contributed by atoms with Crippen molar-refractivity contribution in [2.75, 3.05) is 7.11 Å². The van der Waals surface area contributed by atoms with E-state index in [1.54, 1.807) is 18.2 Å². The number of ether oxygens (including phenoxy) is 1. The van der Waals surface area contributed by atoms with Crippen LogP contribution in [0.2, 0.25) is 5.02 Å². The Labute approximate surface area is 128 Å². The highest BCUT2D eigenvalue weighted by molar-refractivity contribution is 6.30. The highest BCUT2D eigenvalue weighted by Gasteiger charge is 2.33. The molecule has 1 amide bonds. The third-order valence-corrected chi connectivity index (χ3v) is 4.01. The smallest absolute Gasteiger partial charge is 0.308 e. The van der Waals surface area contributed by atoms with Crippen molar-refractivity contribution in [3.05, 3.63) is 28.8 Å². The molecule has 0 aromatic heterocycles. The van der Waals surface area contributed by atoms with Crippen LogP contribution in [-0.4, -0.2) is 30.1 Å². The Kier molecular flexibility index (Phi) is 5.07. The Morgan fingerprint density at radius 3 is 2.86 bits per heavy atom. The summed E-state index contributed by atoms with van der Waals surface area (Å²) < 4.78 is 5.20. The summed E-state index contributed by atoms with van der Waals surface area (Å²) in [5, 5.41) is 12.5. The van der Waals surface area contributed by atoms with E-state index in [0.717, 1.165) is 6.42 Å². The first kappa shape index (κ1) is 15.6. The van der Waals surface area contributed by atoms with E-state index in [4.69, 9.17) is 21.4 Å². The molecule has 1 aliphatic rings. The number of carboxylic acid groups (broad SMARTS) is 1. The molecule has 1 aromatic rings. The molecule has 21 heavy (non-hydrogen) atoms. The molecule has 6 heteroatoms. The molecule has 0 spiro atoms. The maximum absolute atomic E-state index is 12.1. The zero-order valence-corrected chi connectivity index (χ0v) is 12.5. The first-order valence-corrected chi connectivity index (χ1v) is 7.23. The van der Waals surface area contributed by atoms with Gasteiger partial charge in [-0.3, -0.25) is 9.59 Å². The summed E-state index contributed by atoms with van der Waals surface area (Å²) in [6.45, 7) is 0. The van der Waals surface area contributed by atoms with E-state index < -0.39 is 11.9 Å². The van der Waals surface area contributed by atoms with E-state index in [9.17, 15) is 9.59 Å². The quantitative estimate of drug-likeness (QED) is 0.874. The van der Waals surface area contributed by atoms with Gasteiger partial charge in [0.2, 0.25) is 5.91 Å². The van der Waals surface area contributed by atoms with Crippen LogP contribution < -0.4 is 10.1 Å². The molecular weight excluding hydrogens is 294 g/mol. The van der Waals surface area contributed by atoms with Crippen molar-refractivity contribution >= 4 is 23.5 Å². The summed E-state index contributed by atoms with van der Waals surface area (Å²) in [5.41, 5.74) is 0.687. The van der Waals surface area contributed by atoms with Gasteiger partial charge in [-0.1, -0.05) is 18.0 Å². The predicted molar refractivity (Wildman–Crippen MR) is 78.6 cm³/mol. The van der Waals surface area contributed by atoms with Crippen molar-refractivity contribution in [2.24, 2.45) is 5.92 Å². The number of halogens is 1. The van der Waals surface area contributed by atoms with E-state index in [1.165, 1.54) is 7.11 Å². The number of carboxylic acids is 1. The first-order valence-electron chi connectivity index (χ1n) is 6.86. The van der Waals surface area contributed by atoms with Gasteiger partial charge >= 0.3 is 5.97 Å². The van der Waals surface area contributed by atoms with E-state index >= 15 is 0 Å². The van der Waals surface area contributed by atoms with Crippen LogP contribution in [-0.2, 0) is 16.0 Å².